The number of tetrazole rings is 1. The van der Waals surface area contributed by atoms with E-state index >= 15 is 0 Å². The van der Waals surface area contributed by atoms with Crippen LogP contribution in [0.15, 0.2) is 40.9 Å². The van der Waals surface area contributed by atoms with Crippen LogP contribution in [-0.4, -0.2) is 25.6 Å². The summed E-state index contributed by atoms with van der Waals surface area (Å²) in [5.41, 5.74) is 6.87. The van der Waals surface area contributed by atoms with E-state index in [0.29, 0.717) is 5.89 Å². The van der Waals surface area contributed by atoms with Crippen molar-refractivity contribution >= 4 is 22.4 Å². The molecule has 2 aromatic heterocycles. The first-order chi connectivity index (χ1) is 13.5. The van der Waals surface area contributed by atoms with Crippen LogP contribution in [0.25, 0.3) is 28.1 Å². The zero-order valence-electron chi connectivity index (χ0n) is 15.6. The number of nitrogens with zero attached hydrogens (tertiary/aromatic N) is 5. The number of nitriles is 1. The maximum absolute atomic E-state index is 9.30. The van der Waals surface area contributed by atoms with Gasteiger partial charge in [0.05, 0.1) is 0 Å². The molecule has 138 valence electrons. The van der Waals surface area contributed by atoms with Gasteiger partial charge in [-0.2, -0.15) is 10.5 Å². The minimum absolute atomic E-state index is 0.230. The normalized spacial score (nSPS) is 11.6. The fraction of sp³-hybridized carbons (Fsp3) is 0.150. The number of nitrogens with one attached hydrogen (secondary N) is 2. The summed E-state index contributed by atoms with van der Waals surface area (Å²) in [5.74, 6) is 0.777. The topological polar surface area (TPSA) is 116 Å². The van der Waals surface area contributed by atoms with Crippen molar-refractivity contribution in [3.05, 3.63) is 59.0 Å². The van der Waals surface area contributed by atoms with E-state index in [1.54, 1.807) is 6.20 Å². The fourth-order valence-corrected chi connectivity index (χ4v) is 2.79. The molecule has 0 spiro atoms. The number of rotatable bonds is 4. The number of hydrogen-bond acceptors (Lipinski definition) is 7. The molecule has 2 N–H and O–H groups in total. The van der Waals surface area contributed by atoms with Crippen molar-refractivity contribution in [2.75, 3.05) is 5.32 Å². The summed E-state index contributed by atoms with van der Waals surface area (Å²) in [4.78, 5) is 4.61. The van der Waals surface area contributed by atoms with Gasteiger partial charge in [0.25, 0.3) is 0 Å². The van der Waals surface area contributed by atoms with Gasteiger partial charge in [0.15, 0.2) is 5.58 Å². The lowest BCUT2D eigenvalue weighted by molar-refractivity contribution is 0.619. The van der Waals surface area contributed by atoms with Crippen LogP contribution in [0.5, 0.6) is 0 Å². The van der Waals surface area contributed by atoms with Crippen LogP contribution < -0.4 is 5.32 Å². The van der Waals surface area contributed by atoms with E-state index in [2.05, 4.69) is 43.9 Å². The van der Waals surface area contributed by atoms with Crippen LogP contribution in [0.2, 0.25) is 0 Å². The number of benzene rings is 2. The van der Waals surface area contributed by atoms with E-state index in [9.17, 15) is 5.26 Å². The predicted molar refractivity (Wildman–Crippen MR) is 105 cm³/mol. The van der Waals surface area contributed by atoms with Crippen LogP contribution in [0.3, 0.4) is 0 Å². The second-order valence-electron chi connectivity index (χ2n) is 6.50. The first-order valence-electron chi connectivity index (χ1n) is 8.64. The number of aromatic nitrogens is 5. The number of H-pyrrole nitrogens is 1. The number of allylic oxidation sites excluding steroid dienone is 1. The van der Waals surface area contributed by atoms with Crippen LogP contribution in [0.1, 0.15) is 22.5 Å². The highest BCUT2D eigenvalue weighted by Gasteiger charge is 2.12. The molecule has 2 heterocycles. The zero-order valence-corrected chi connectivity index (χ0v) is 15.6. The Hall–Kier alpha value is -3.99. The molecule has 28 heavy (non-hydrogen) atoms. The van der Waals surface area contributed by atoms with Crippen molar-refractivity contribution in [3.63, 3.8) is 0 Å². The van der Waals surface area contributed by atoms with Crippen LogP contribution in [0, 0.1) is 32.1 Å². The second kappa shape index (κ2) is 6.96. The maximum Gasteiger partial charge on any atom is 0.227 e. The number of hydrogen-bond donors (Lipinski definition) is 2. The second-order valence-corrected chi connectivity index (χ2v) is 6.50. The summed E-state index contributed by atoms with van der Waals surface area (Å²) < 4.78 is 5.95. The van der Waals surface area contributed by atoms with Gasteiger partial charge in [0.1, 0.15) is 17.2 Å². The Labute approximate surface area is 160 Å². The lowest BCUT2D eigenvalue weighted by atomic mass is 10.1. The van der Waals surface area contributed by atoms with Crippen molar-refractivity contribution in [1.29, 1.82) is 5.26 Å². The molecule has 8 heteroatoms. The van der Waals surface area contributed by atoms with Crippen LogP contribution in [-0.2, 0) is 0 Å². The number of oxazole rings is 1. The van der Waals surface area contributed by atoms with Gasteiger partial charge in [-0.3, -0.25) is 0 Å². The van der Waals surface area contributed by atoms with Crippen LogP contribution >= 0.6 is 0 Å². The summed E-state index contributed by atoms with van der Waals surface area (Å²) in [6, 6.07) is 11.9. The summed E-state index contributed by atoms with van der Waals surface area (Å²) in [7, 11) is 0. The molecule has 0 radical (unpaired) electrons. The zero-order chi connectivity index (χ0) is 19.7. The van der Waals surface area contributed by atoms with E-state index in [1.165, 1.54) is 5.56 Å². The Morgan fingerprint density at radius 3 is 2.71 bits per heavy atom. The average molecular weight is 371 g/mol. The molecule has 0 saturated heterocycles. The molecule has 0 bridgehead atoms. The van der Waals surface area contributed by atoms with Gasteiger partial charge >= 0.3 is 0 Å². The lowest BCUT2D eigenvalue weighted by Crippen LogP contribution is -1.95. The third-order valence-electron chi connectivity index (χ3n) is 4.57. The highest BCUT2D eigenvalue weighted by atomic mass is 16.3. The van der Waals surface area contributed by atoms with E-state index in [-0.39, 0.29) is 11.4 Å². The van der Waals surface area contributed by atoms with Crippen molar-refractivity contribution < 1.29 is 4.42 Å². The number of anilines is 1. The third kappa shape index (κ3) is 3.21. The molecular formula is C20H17N7O. The van der Waals surface area contributed by atoms with Gasteiger partial charge in [-0.25, -0.2) is 4.98 Å². The van der Waals surface area contributed by atoms with Gasteiger partial charge in [-0.05, 0) is 66.9 Å². The quantitative estimate of drug-likeness (QED) is 0.522. The summed E-state index contributed by atoms with van der Waals surface area (Å²) in [6.45, 7) is 6.08. The number of aromatic amines is 1. The Morgan fingerprint density at radius 2 is 1.96 bits per heavy atom. The summed E-state index contributed by atoms with van der Waals surface area (Å²) >= 11 is 0. The first kappa shape index (κ1) is 17.4. The number of aryl methyl sites for hydroxylation is 3. The Morgan fingerprint density at radius 1 is 1.14 bits per heavy atom. The summed E-state index contributed by atoms with van der Waals surface area (Å²) in [5, 5.41) is 25.9. The monoisotopic (exact) mass is 371 g/mol. The van der Waals surface area contributed by atoms with Crippen molar-refractivity contribution in [2.24, 2.45) is 0 Å². The largest absolute Gasteiger partial charge is 0.436 e. The molecule has 8 nitrogen and oxygen atoms in total. The molecule has 2 aromatic carbocycles. The molecule has 0 fully saturated rings. The first-order valence-corrected chi connectivity index (χ1v) is 8.64. The fourth-order valence-electron chi connectivity index (χ4n) is 2.79. The Bertz CT molecular complexity index is 1190. The van der Waals surface area contributed by atoms with Gasteiger partial charge in [-0.1, -0.05) is 6.07 Å². The smallest absolute Gasteiger partial charge is 0.227 e. The third-order valence-corrected chi connectivity index (χ3v) is 4.57. The standard InChI is InChI=1S/C20H17N7O/c1-11-4-5-14(20-23-17-6-12(2)13(3)7-18(17)28-20)8-16(11)22-10-15(9-21)19-24-26-27-25-19/h4-8,10,22H,1-3H3,(H,24,25,26,27). The minimum Gasteiger partial charge on any atom is -0.436 e. The van der Waals surface area contributed by atoms with E-state index < -0.39 is 0 Å². The van der Waals surface area contributed by atoms with E-state index in [1.807, 2.05) is 44.2 Å². The van der Waals surface area contributed by atoms with Gasteiger partial charge in [0.2, 0.25) is 11.7 Å². The molecule has 0 atom stereocenters. The minimum atomic E-state index is 0.230. The summed E-state index contributed by atoms with van der Waals surface area (Å²) in [6.07, 6.45) is 1.55. The molecule has 0 unspecified atom stereocenters. The molecule has 0 amide bonds. The van der Waals surface area contributed by atoms with E-state index in [4.69, 9.17) is 4.42 Å². The molecule has 0 aliphatic rings. The lowest BCUT2D eigenvalue weighted by Gasteiger charge is -2.07. The molecule has 0 aliphatic carbocycles. The van der Waals surface area contributed by atoms with Crippen molar-refractivity contribution in [3.8, 4) is 17.5 Å². The molecule has 0 saturated carbocycles. The van der Waals surface area contributed by atoms with Crippen molar-refractivity contribution in [2.45, 2.75) is 20.8 Å². The molecule has 4 aromatic rings. The van der Waals surface area contributed by atoms with Gasteiger partial charge in [-0.15, -0.1) is 10.2 Å². The Kier molecular flexibility index (Phi) is 4.33. The van der Waals surface area contributed by atoms with Gasteiger partial charge < -0.3 is 9.73 Å². The predicted octanol–water partition coefficient (Wildman–Crippen LogP) is 3.91. The molecule has 4 rings (SSSR count). The number of fused-ring (bicyclic) bond motifs is 1. The van der Waals surface area contributed by atoms with E-state index in [0.717, 1.165) is 33.5 Å². The van der Waals surface area contributed by atoms with Crippen molar-refractivity contribution in [1.82, 2.24) is 25.6 Å². The Balaban J connectivity index is 1.68. The van der Waals surface area contributed by atoms with Crippen LogP contribution in [0.4, 0.5) is 5.69 Å². The molecule has 0 aliphatic heterocycles. The average Bonchev–Trinajstić information content (AvgIpc) is 3.34. The van der Waals surface area contributed by atoms with Gasteiger partial charge in [0, 0.05) is 17.5 Å². The highest BCUT2D eigenvalue weighted by Crippen LogP contribution is 2.29. The SMILES string of the molecule is Cc1cc2nc(-c3ccc(C)c(NC=C(C#N)c4nn[nH]n4)c3)oc2cc1C. The maximum atomic E-state index is 9.30. The molecular weight excluding hydrogens is 354 g/mol. The highest BCUT2D eigenvalue weighted by molar-refractivity contribution is 5.79.